The van der Waals surface area contributed by atoms with Crippen LogP contribution in [0.4, 0.5) is 0 Å². The maximum atomic E-state index is 7.12. The van der Waals surface area contributed by atoms with Gasteiger partial charge < -0.3 is 10.6 Å². The molecule has 0 bridgehead atoms. The first-order chi connectivity index (χ1) is 7.58. The van der Waals surface area contributed by atoms with Gasteiger partial charge in [0.05, 0.1) is 5.84 Å². The van der Waals surface area contributed by atoms with Crippen molar-refractivity contribution in [1.29, 1.82) is 5.41 Å². The molecule has 0 aliphatic carbocycles. The van der Waals surface area contributed by atoms with Crippen molar-refractivity contribution >= 4 is 33.1 Å². The average Bonchev–Trinajstić information content (AvgIpc) is 2.58. The summed E-state index contributed by atoms with van der Waals surface area (Å²) in [4.78, 5) is 3.68. The van der Waals surface area contributed by atoms with Crippen LogP contribution in [0.1, 0.15) is 24.1 Å². The fraction of sp³-hybridized carbons (Fsp3) is 0.545. The van der Waals surface area contributed by atoms with E-state index in [0.29, 0.717) is 5.84 Å². The highest BCUT2D eigenvalue weighted by Gasteiger charge is 2.02. The number of hydrogen-bond donors (Lipinski definition) is 2. The monoisotopic (exact) mass is 303 g/mol. The van der Waals surface area contributed by atoms with Crippen molar-refractivity contribution in [3.63, 3.8) is 0 Å². The van der Waals surface area contributed by atoms with Crippen molar-refractivity contribution in [2.24, 2.45) is 5.73 Å². The summed E-state index contributed by atoms with van der Waals surface area (Å²) < 4.78 is 1.16. The number of unbranched alkanes of at least 4 members (excludes halogenated alkanes) is 1. The van der Waals surface area contributed by atoms with E-state index in [9.17, 15) is 0 Å². The molecule has 0 aliphatic heterocycles. The molecule has 0 spiro atoms. The van der Waals surface area contributed by atoms with Gasteiger partial charge in [-0.25, -0.2) is 0 Å². The molecule has 0 unspecified atom stereocenters. The van der Waals surface area contributed by atoms with Crippen LogP contribution in [0, 0.1) is 5.41 Å². The molecule has 16 heavy (non-hydrogen) atoms. The van der Waals surface area contributed by atoms with Gasteiger partial charge in [0, 0.05) is 27.7 Å². The molecule has 5 heteroatoms. The molecule has 0 saturated heterocycles. The second-order valence-corrected chi connectivity index (χ2v) is 5.86. The Morgan fingerprint density at radius 3 is 2.88 bits per heavy atom. The van der Waals surface area contributed by atoms with Crippen molar-refractivity contribution < 1.29 is 0 Å². The SMILES string of the molecule is CN(CCCCC(=N)N)Cc1cc(Br)cs1. The van der Waals surface area contributed by atoms with Crippen LogP contribution in [0.2, 0.25) is 0 Å². The van der Waals surface area contributed by atoms with Crippen LogP contribution < -0.4 is 5.73 Å². The van der Waals surface area contributed by atoms with Gasteiger partial charge in [-0.05, 0) is 48.4 Å². The predicted octanol–water partition coefficient (Wildman–Crippen LogP) is 3.05. The Morgan fingerprint density at radius 2 is 2.31 bits per heavy atom. The number of hydrogen-bond acceptors (Lipinski definition) is 3. The Labute approximate surface area is 109 Å². The number of halogens is 1. The molecule has 0 saturated carbocycles. The van der Waals surface area contributed by atoms with Gasteiger partial charge in [0.2, 0.25) is 0 Å². The summed E-state index contributed by atoms with van der Waals surface area (Å²) >= 11 is 5.24. The van der Waals surface area contributed by atoms with E-state index in [2.05, 4.69) is 39.3 Å². The van der Waals surface area contributed by atoms with Gasteiger partial charge in [0.1, 0.15) is 0 Å². The summed E-state index contributed by atoms with van der Waals surface area (Å²) in [6.07, 6.45) is 2.83. The van der Waals surface area contributed by atoms with Gasteiger partial charge in [0.25, 0.3) is 0 Å². The lowest BCUT2D eigenvalue weighted by Crippen LogP contribution is -2.19. The van der Waals surface area contributed by atoms with Gasteiger partial charge in [-0.3, -0.25) is 5.41 Å². The van der Waals surface area contributed by atoms with E-state index in [-0.39, 0.29) is 0 Å². The fourth-order valence-corrected chi connectivity index (χ4v) is 3.01. The van der Waals surface area contributed by atoms with E-state index in [4.69, 9.17) is 11.1 Å². The molecule has 0 radical (unpaired) electrons. The predicted molar refractivity (Wildman–Crippen MR) is 74.1 cm³/mol. The van der Waals surface area contributed by atoms with Gasteiger partial charge in [-0.1, -0.05) is 0 Å². The Balaban J connectivity index is 2.16. The Kier molecular flexibility index (Phi) is 6.01. The van der Waals surface area contributed by atoms with Crippen molar-refractivity contribution in [3.8, 4) is 0 Å². The lowest BCUT2D eigenvalue weighted by Gasteiger charge is -2.15. The second kappa shape index (κ2) is 7.04. The molecule has 3 N–H and O–H groups in total. The number of nitrogens with zero attached hydrogens (tertiary/aromatic N) is 1. The highest BCUT2D eigenvalue weighted by Crippen LogP contribution is 2.20. The van der Waals surface area contributed by atoms with Crippen LogP contribution in [0.5, 0.6) is 0 Å². The number of thiophene rings is 1. The third-order valence-corrected chi connectivity index (χ3v) is 3.97. The molecular weight excluding hydrogens is 286 g/mol. The molecule has 1 aromatic rings. The first kappa shape index (κ1) is 13.7. The van der Waals surface area contributed by atoms with Gasteiger partial charge in [-0.15, -0.1) is 11.3 Å². The first-order valence-corrected chi connectivity index (χ1v) is 6.99. The van der Waals surface area contributed by atoms with Crippen LogP contribution in [0.15, 0.2) is 15.9 Å². The van der Waals surface area contributed by atoms with Gasteiger partial charge >= 0.3 is 0 Å². The molecule has 1 heterocycles. The van der Waals surface area contributed by atoms with E-state index < -0.39 is 0 Å². The topological polar surface area (TPSA) is 53.1 Å². The minimum absolute atomic E-state index is 0.296. The van der Waals surface area contributed by atoms with Crippen molar-refractivity contribution in [3.05, 3.63) is 20.8 Å². The van der Waals surface area contributed by atoms with E-state index in [0.717, 1.165) is 36.8 Å². The van der Waals surface area contributed by atoms with Crippen molar-refractivity contribution in [2.75, 3.05) is 13.6 Å². The summed E-state index contributed by atoms with van der Waals surface area (Å²) in [5.41, 5.74) is 5.30. The highest BCUT2D eigenvalue weighted by molar-refractivity contribution is 9.10. The van der Waals surface area contributed by atoms with Crippen LogP contribution >= 0.6 is 27.3 Å². The zero-order valence-electron chi connectivity index (χ0n) is 9.50. The second-order valence-electron chi connectivity index (χ2n) is 3.95. The molecule has 0 fully saturated rings. The minimum atomic E-state index is 0.296. The third-order valence-electron chi connectivity index (χ3n) is 2.28. The summed E-state index contributed by atoms with van der Waals surface area (Å²) in [5, 5.41) is 9.23. The van der Waals surface area contributed by atoms with Crippen LogP contribution in [0.3, 0.4) is 0 Å². The van der Waals surface area contributed by atoms with E-state index in [1.807, 2.05) is 0 Å². The molecule has 90 valence electrons. The Bertz CT molecular complexity index is 338. The number of amidine groups is 1. The third kappa shape index (κ3) is 5.63. The Morgan fingerprint density at radius 1 is 1.56 bits per heavy atom. The van der Waals surface area contributed by atoms with Crippen LogP contribution in [0.25, 0.3) is 0 Å². The smallest absolute Gasteiger partial charge is 0.0905 e. The fourth-order valence-electron chi connectivity index (χ4n) is 1.48. The largest absolute Gasteiger partial charge is 0.388 e. The zero-order chi connectivity index (χ0) is 12.0. The molecule has 0 amide bonds. The standard InChI is InChI=1S/C11H18BrN3S/c1-15(5-3-2-4-11(13)14)7-10-6-9(12)8-16-10/h6,8H,2-5,7H2,1H3,(H3,13,14). The highest BCUT2D eigenvalue weighted by atomic mass is 79.9. The molecule has 0 aliphatic rings. The van der Waals surface area contributed by atoms with Crippen molar-refractivity contribution in [2.45, 2.75) is 25.8 Å². The summed E-state index contributed by atoms with van der Waals surface area (Å²) in [7, 11) is 2.13. The van der Waals surface area contributed by atoms with Gasteiger partial charge in [-0.2, -0.15) is 0 Å². The van der Waals surface area contributed by atoms with Crippen LogP contribution in [-0.4, -0.2) is 24.3 Å². The summed E-state index contributed by atoms with van der Waals surface area (Å²) in [6, 6.07) is 2.16. The number of nitrogens with one attached hydrogen (secondary N) is 1. The normalized spacial score (nSPS) is 10.9. The summed E-state index contributed by atoms with van der Waals surface area (Å²) in [6.45, 7) is 2.05. The summed E-state index contributed by atoms with van der Waals surface area (Å²) in [5.74, 6) is 0.296. The maximum absolute atomic E-state index is 7.12. The quantitative estimate of drug-likeness (QED) is 0.462. The van der Waals surface area contributed by atoms with Crippen LogP contribution in [-0.2, 0) is 6.54 Å². The zero-order valence-corrected chi connectivity index (χ0v) is 11.9. The molecule has 3 nitrogen and oxygen atoms in total. The maximum Gasteiger partial charge on any atom is 0.0905 e. The first-order valence-electron chi connectivity index (χ1n) is 5.32. The molecule has 1 rings (SSSR count). The average molecular weight is 304 g/mol. The molecule has 0 aromatic carbocycles. The van der Waals surface area contributed by atoms with Crippen molar-refractivity contribution in [1.82, 2.24) is 4.90 Å². The number of nitrogens with two attached hydrogens (primary N) is 1. The van der Waals surface area contributed by atoms with E-state index in [1.165, 1.54) is 4.88 Å². The van der Waals surface area contributed by atoms with E-state index >= 15 is 0 Å². The molecule has 0 atom stereocenters. The lowest BCUT2D eigenvalue weighted by molar-refractivity contribution is 0.322. The minimum Gasteiger partial charge on any atom is -0.388 e. The Hall–Kier alpha value is -0.390. The number of rotatable bonds is 7. The lowest BCUT2D eigenvalue weighted by atomic mass is 10.2. The molecular formula is C11H18BrN3S. The van der Waals surface area contributed by atoms with Gasteiger partial charge in [0.15, 0.2) is 0 Å². The van der Waals surface area contributed by atoms with E-state index in [1.54, 1.807) is 11.3 Å². The molecule has 1 aromatic heterocycles.